The van der Waals surface area contributed by atoms with Crippen LogP contribution in [0.2, 0.25) is 0 Å². The Morgan fingerprint density at radius 2 is 1.47 bits per heavy atom. The van der Waals surface area contributed by atoms with Crippen molar-refractivity contribution in [1.82, 2.24) is 0 Å². The Hall–Kier alpha value is -0.693. The van der Waals surface area contributed by atoms with Crippen LogP contribution in [0.5, 0.6) is 0 Å². The van der Waals surface area contributed by atoms with E-state index < -0.39 is 20.5 Å². The van der Waals surface area contributed by atoms with Gasteiger partial charge in [-0.15, -0.1) is 0 Å². The molecular weight excluding hydrogens is 264 g/mol. The van der Waals surface area contributed by atoms with E-state index in [2.05, 4.69) is 6.58 Å². The second kappa shape index (κ2) is 9.25. The highest BCUT2D eigenvalue weighted by Gasteiger charge is 2.51. The average molecular weight is 290 g/mol. The molecule has 0 rings (SSSR count). The molecule has 0 aliphatic rings. The van der Waals surface area contributed by atoms with E-state index in [0.717, 1.165) is 0 Å². The molecule has 0 saturated heterocycles. The lowest BCUT2D eigenvalue weighted by molar-refractivity contribution is -0.144. The molecule has 0 saturated carbocycles. The molecule has 0 fully saturated rings. The van der Waals surface area contributed by atoms with Crippen molar-refractivity contribution in [3.63, 3.8) is 0 Å². The van der Waals surface area contributed by atoms with Crippen molar-refractivity contribution >= 4 is 14.8 Å². The number of carbonyl (C=O) groups is 1. The summed E-state index contributed by atoms with van der Waals surface area (Å²) in [6, 6.07) is 0. The van der Waals surface area contributed by atoms with Crippen LogP contribution in [-0.4, -0.2) is 40.3 Å². The van der Waals surface area contributed by atoms with Crippen molar-refractivity contribution in [3.05, 3.63) is 12.2 Å². The number of hydrogen-bond donors (Lipinski definition) is 0. The first-order chi connectivity index (χ1) is 8.97. The summed E-state index contributed by atoms with van der Waals surface area (Å²) in [6.07, 6.45) is 0.575. The second-order valence-electron chi connectivity index (χ2n) is 3.99. The van der Waals surface area contributed by atoms with Gasteiger partial charge in [-0.25, -0.2) is 4.79 Å². The molecule has 1 unspecified atom stereocenters. The first-order valence-electron chi connectivity index (χ1n) is 6.75. The van der Waals surface area contributed by atoms with Crippen molar-refractivity contribution in [3.8, 4) is 0 Å². The minimum absolute atomic E-state index is 0.353. The molecule has 112 valence electrons. The SMILES string of the molecule is C=C(C)C(=O)OC(CC)[Si](OCC)(OCC)OCC. The Morgan fingerprint density at radius 3 is 1.74 bits per heavy atom. The normalized spacial score (nSPS) is 13.1. The van der Waals surface area contributed by atoms with Crippen molar-refractivity contribution < 1.29 is 22.8 Å². The fourth-order valence-corrected chi connectivity index (χ4v) is 4.41. The molecule has 0 aliphatic carbocycles. The third-order valence-corrected chi connectivity index (χ3v) is 5.79. The molecule has 0 aromatic heterocycles. The third kappa shape index (κ3) is 5.44. The number of esters is 1. The zero-order valence-electron chi connectivity index (χ0n) is 12.7. The van der Waals surface area contributed by atoms with E-state index in [-0.39, 0.29) is 0 Å². The Morgan fingerprint density at radius 1 is 1.05 bits per heavy atom. The molecule has 6 heteroatoms. The fourth-order valence-electron chi connectivity index (χ4n) is 1.64. The van der Waals surface area contributed by atoms with Crippen molar-refractivity contribution in [2.75, 3.05) is 19.8 Å². The average Bonchev–Trinajstić information content (AvgIpc) is 2.36. The van der Waals surface area contributed by atoms with Gasteiger partial charge in [-0.2, -0.15) is 0 Å². The summed E-state index contributed by atoms with van der Waals surface area (Å²) in [7, 11) is -3.02. The van der Waals surface area contributed by atoms with E-state index in [9.17, 15) is 4.79 Å². The van der Waals surface area contributed by atoms with Crippen molar-refractivity contribution in [2.45, 2.75) is 46.8 Å². The summed E-state index contributed by atoms with van der Waals surface area (Å²) < 4.78 is 22.6. The summed E-state index contributed by atoms with van der Waals surface area (Å²) in [5.74, 6) is -0.442. The Bertz CT molecular complexity index is 276. The molecule has 1 atom stereocenters. The number of rotatable bonds is 10. The molecule has 0 bridgehead atoms. The molecule has 5 nitrogen and oxygen atoms in total. The Balaban J connectivity index is 5.12. The van der Waals surface area contributed by atoms with E-state index in [1.54, 1.807) is 6.92 Å². The van der Waals surface area contributed by atoms with Gasteiger partial charge in [0.2, 0.25) is 0 Å². The van der Waals surface area contributed by atoms with E-state index in [4.69, 9.17) is 18.0 Å². The van der Waals surface area contributed by atoms with Crippen LogP contribution >= 0.6 is 0 Å². The van der Waals surface area contributed by atoms with Gasteiger partial charge in [0.1, 0.15) is 0 Å². The Labute approximate surface area is 117 Å². The highest BCUT2D eigenvalue weighted by atomic mass is 28.4. The second-order valence-corrected chi connectivity index (χ2v) is 6.70. The maximum Gasteiger partial charge on any atom is 0.544 e. The van der Waals surface area contributed by atoms with Gasteiger partial charge in [0.05, 0.1) is 0 Å². The minimum Gasteiger partial charge on any atom is -0.454 e. The summed E-state index contributed by atoms with van der Waals surface area (Å²) in [5, 5.41) is 0. The van der Waals surface area contributed by atoms with Crippen LogP contribution in [0, 0.1) is 0 Å². The third-order valence-electron chi connectivity index (χ3n) is 2.40. The fraction of sp³-hybridized carbons (Fsp3) is 0.769. The van der Waals surface area contributed by atoms with Crippen LogP contribution < -0.4 is 0 Å². The number of carbonyl (C=O) groups excluding carboxylic acids is 1. The molecule has 0 aromatic rings. The van der Waals surface area contributed by atoms with Gasteiger partial charge in [0.25, 0.3) is 0 Å². The van der Waals surface area contributed by atoms with E-state index >= 15 is 0 Å². The maximum absolute atomic E-state index is 11.7. The molecule has 0 heterocycles. The predicted molar refractivity (Wildman–Crippen MR) is 75.6 cm³/mol. The first kappa shape index (κ1) is 18.3. The zero-order chi connectivity index (χ0) is 14.9. The van der Waals surface area contributed by atoms with Gasteiger partial charge in [0, 0.05) is 25.4 Å². The standard InChI is InChI=1S/C13H26O5Si/c1-7-12(18-13(14)11(5)6)19(15-8-2,16-9-3)17-10-4/h12H,5,7-10H2,1-4,6H3. The van der Waals surface area contributed by atoms with Gasteiger partial charge in [-0.1, -0.05) is 13.5 Å². The molecule has 0 aliphatic heterocycles. The van der Waals surface area contributed by atoms with Gasteiger partial charge in [0.15, 0.2) is 5.73 Å². The summed E-state index contributed by atoms with van der Waals surface area (Å²) in [5.41, 5.74) is -0.151. The smallest absolute Gasteiger partial charge is 0.454 e. The molecule has 0 spiro atoms. The molecule has 19 heavy (non-hydrogen) atoms. The van der Waals surface area contributed by atoms with Crippen molar-refractivity contribution in [1.29, 1.82) is 0 Å². The van der Waals surface area contributed by atoms with Crippen LogP contribution in [0.1, 0.15) is 41.0 Å². The van der Waals surface area contributed by atoms with Crippen LogP contribution in [-0.2, 0) is 22.8 Å². The lowest BCUT2D eigenvalue weighted by Gasteiger charge is -2.34. The van der Waals surface area contributed by atoms with Crippen LogP contribution in [0.15, 0.2) is 12.2 Å². The van der Waals surface area contributed by atoms with Crippen LogP contribution in [0.25, 0.3) is 0 Å². The predicted octanol–water partition coefficient (Wildman–Crippen LogP) is 2.47. The van der Waals surface area contributed by atoms with E-state index in [1.807, 2.05) is 27.7 Å². The van der Waals surface area contributed by atoms with E-state index in [1.165, 1.54) is 0 Å². The van der Waals surface area contributed by atoms with Gasteiger partial charge >= 0.3 is 14.8 Å². The van der Waals surface area contributed by atoms with E-state index in [0.29, 0.717) is 31.8 Å². The monoisotopic (exact) mass is 290 g/mol. The molecule has 0 aromatic carbocycles. The van der Waals surface area contributed by atoms with Gasteiger partial charge in [-0.3, -0.25) is 0 Å². The molecule has 0 N–H and O–H groups in total. The van der Waals surface area contributed by atoms with Gasteiger partial charge in [-0.05, 0) is 34.1 Å². The first-order valence-corrected chi connectivity index (χ1v) is 8.55. The van der Waals surface area contributed by atoms with Gasteiger partial charge < -0.3 is 18.0 Å². The lowest BCUT2D eigenvalue weighted by Crippen LogP contribution is -2.58. The van der Waals surface area contributed by atoms with Crippen molar-refractivity contribution in [2.24, 2.45) is 0 Å². The minimum atomic E-state index is -3.02. The summed E-state index contributed by atoms with van der Waals surface area (Å²) in [6.45, 7) is 14.1. The number of hydrogen-bond acceptors (Lipinski definition) is 5. The Kier molecular flexibility index (Phi) is 8.91. The zero-order valence-corrected chi connectivity index (χ0v) is 13.7. The number of ether oxygens (including phenoxy) is 1. The highest BCUT2D eigenvalue weighted by Crippen LogP contribution is 2.21. The topological polar surface area (TPSA) is 54.0 Å². The van der Waals surface area contributed by atoms with Crippen LogP contribution in [0.3, 0.4) is 0 Å². The largest absolute Gasteiger partial charge is 0.544 e. The lowest BCUT2D eigenvalue weighted by atomic mass is 10.4. The summed E-state index contributed by atoms with van der Waals surface area (Å²) >= 11 is 0. The van der Waals surface area contributed by atoms with Crippen LogP contribution in [0.4, 0.5) is 0 Å². The quantitative estimate of drug-likeness (QED) is 0.351. The summed E-state index contributed by atoms with van der Waals surface area (Å²) in [4.78, 5) is 11.7. The highest BCUT2D eigenvalue weighted by molar-refractivity contribution is 6.62. The maximum atomic E-state index is 11.7. The molecule has 0 amide bonds. The molecular formula is C13H26O5Si. The molecule has 0 radical (unpaired) electrons.